The van der Waals surface area contributed by atoms with Crippen LogP contribution in [-0.4, -0.2) is 36.2 Å². The van der Waals surface area contributed by atoms with Gasteiger partial charge in [-0.1, -0.05) is 6.07 Å². The van der Waals surface area contributed by atoms with Gasteiger partial charge in [-0.3, -0.25) is 0 Å². The zero-order chi connectivity index (χ0) is 13.8. The number of aliphatic hydroxyl groups excluding tert-OH is 1. The van der Waals surface area contributed by atoms with Crippen molar-refractivity contribution in [1.29, 1.82) is 0 Å². The Kier molecular flexibility index (Phi) is 4.77. The Hall–Kier alpha value is -1.13. The van der Waals surface area contributed by atoms with Crippen molar-refractivity contribution in [2.24, 2.45) is 0 Å². The van der Waals surface area contributed by atoms with Crippen LogP contribution in [0.25, 0.3) is 0 Å². The number of benzene rings is 1. The molecular weight excluding hydrogens is 245 g/mol. The minimum Gasteiger partial charge on any atom is -0.496 e. The Morgan fingerprint density at radius 2 is 2.32 bits per heavy atom. The number of hydrogen-bond donors (Lipinski definition) is 1. The van der Waals surface area contributed by atoms with Crippen LogP contribution in [0.2, 0.25) is 0 Å². The summed E-state index contributed by atoms with van der Waals surface area (Å²) < 4.78 is 18.9. The molecule has 4 heteroatoms. The van der Waals surface area contributed by atoms with Gasteiger partial charge < -0.3 is 14.7 Å². The number of likely N-dealkylation sites (tertiary alicyclic amines) is 1. The van der Waals surface area contributed by atoms with Gasteiger partial charge in [0.15, 0.2) is 0 Å². The quantitative estimate of drug-likeness (QED) is 0.890. The molecule has 1 aromatic carbocycles. The molecule has 19 heavy (non-hydrogen) atoms. The highest BCUT2D eigenvalue weighted by molar-refractivity contribution is 5.36. The lowest BCUT2D eigenvalue weighted by atomic mass is 10.0. The van der Waals surface area contributed by atoms with E-state index in [0.717, 1.165) is 13.1 Å². The number of rotatable bonds is 5. The molecule has 2 unspecified atom stereocenters. The molecule has 1 heterocycles. The molecular formula is C15H22FNO2. The average Bonchev–Trinajstić information content (AvgIpc) is 2.81. The third-order valence-electron chi connectivity index (χ3n) is 3.95. The Labute approximate surface area is 114 Å². The van der Waals surface area contributed by atoms with Gasteiger partial charge >= 0.3 is 0 Å². The number of aliphatic hydroxyl groups is 1. The summed E-state index contributed by atoms with van der Waals surface area (Å²) >= 11 is 0. The first kappa shape index (κ1) is 14.3. The molecule has 0 amide bonds. The molecule has 1 aliphatic heterocycles. The number of methoxy groups -OCH3 is 1. The molecule has 0 saturated carbocycles. The van der Waals surface area contributed by atoms with Gasteiger partial charge in [0.2, 0.25) is 0 Å². The van der Waals surface area contributed by atoms with Crippen molar-refractivity contribution in [2.75, 3.05) is 20.2 Å². The van der Waals surface area contributed by atoms with Crippen LogP contribution >= 0.6 is 0 Å². The van der Waals surface area contributed by atoms with Crippen LogP contribution in [0.15, 0.2) is 18.2 Å². The summed E-state index contributed by atoms with van der Waals surface area (Å²) in [6, 6.07) is 5.20. The average molecular weight is 267 g/mol. The van der Waals surface area contributed by atoms with Crippen LogP contribution in [0.4, 0.5) is 4.39 Å². The molecule has 2 rings (SSSR count). The van der Waals surface area contributed by atoms with Crippen molar-refractivity contribution in [2.45, 2.75) is 38.3 Å². The van der Waals surface area contributed by atoms with E-state index in [-0.39, 0.29) is 5.56 Å². The molecule has 1 aromatic rings. The number of halogens is 1. The third kappa shape index (κ3) is 3.25. The molecule has 2 atom stereocenters. The highest BCUT2D eigenvalue weighted by Gasteiger charge is 2.23. The van der Waals surface area contributed by atoms with Crippen molar-refractivity contribution < 1.29 is 14.2 Å². The first-order chi connectivity index (χ1) is 9.13. The van der Waals surface area contributed by atoms with Gasteiger partial charge in [0.1, 0.15) is 11.6 Å². The standard InChI is InChI=1S/C15H22FNO2/c1-11-5-4-9-17(11)10-8-13(18)15-12(16)6-3-7-14(15)19-2/h3,6-7,11,13,18H,4-5,8-10H2,1-2H3. The van der Waals surface area contributed by atoms with Crippen molar-refractivity contribution in [1.82, 2.24) is 4.90 Å². The minimum absolute atomic E-state index is 0.275. The second-order valence-corrected chi connectivity index (χ2v) is 5.19. The SMILES string of the molecule is COc1cccc(F)c1C(O)CCN1CCCC1C. The fraction of sp³-hybridized carbons (Fsp3) is 0.600. The highest BCUT2D eigenvalue weighted by atomic mass is 19.1. The maximum Gasteiger partial charge on any atom is 0.132 e. The van der Waals surface area contributed by atoms with Crippen LogP contribution in [0, 0.1) is 5.82 Å². The molecule has 0 bridgehead atoms. The first-order valence-corrected chi connectivity index (χ1v) is 6.88. The number of ether oxygens (including phenoxy) is 1. The topological polar surface area (TPSA) is 32.7 Å². The van der Waals surface area contributed by atoms with Crippen LogP contribution < -0.4 is 4.74 Å². The van der Waals surface area contributed by atoms with Crippen LogP contribution in [0.5, 0.6) is 5.75 Å². The zero-order valence-electron chi connectivity index (χ0n) is 11.6. The van der Waals surface area contributed by atoms with Gasteiger partial charge in [-0.15, -0.1) is 0 Å². The van der Waals surface area contributed by atoms with Crippen molar-refractivity contribution >= 4 is 0 Å². The molecule has 0 aliphatic carbocycles. The van der Waals surface area contributed by atoms with E-state index in [1.165, 1.54) is 26.0 Å². The van der Waals surface area contributed by atoms with Crippen LogP contribution in [-0.2, 0) is 0 Å². The Balaban J connectivity index is 2.01. The maximum absolute atomic E-state index is 13.8. The molecule has 3 nitrogen and oxygen atoms in total. The summed E-state index contributed by atoms with van der Waals surface area (Å²) in [4.78, 5) is 2.34. The molecule has 0 radical (unpaired) electrons. The van der Waals surface area contributed by atoms with E-state index in [1.807, 2.05) is 0 Å². The fourth-order valence-electron chi connectivity index (χ4n) is 2.78. The summed E-state index contributed by atoms with van der Waals surface area (Å²) in [5, 5.41) is 10.2. The molecule has 1 aliphatic rings. The van der Waals surface area contributed by atoms with Gasteiger partial charge in [0.05, 0.1) is 18.8 Å². The zero-order valence-corrected chi connectivity index (χ0v) is 11.6. The first-order valence-electron chi connectivity index (χ1n) is 6.88. The molecule has 0 aromatic heterocycles. The Morgan fingerprint density at radius 1 is 1.53 bits per heavy atom. The van der Waals surface area contributed by atoms with E-state index in [9.17, 15) is 9.50 Å². The largest absolute Gasteiger partial charge is 0.496 e. The Bertz CT molecular complexity index is 425. The summed E-state index contributed by atoms with van der Waals surface area (Å²) in [6.07, 6.45) is 2.13. The lowest BCUT2D eigenvalue weighted by molar-refractivity contribution is 0.133. The van der Waals surface area contributed by atoms with Crippen molar-refractivity contribution in [3.8, 4) is 5.75 Å². The summed E-state index contributed by atoms with van der Waals surface area (Å²) in [5.74, 6) is 0.0169. The summed E-state index contributed by atoms with van der Waals surface area (Å²) in [6.45, 7) is 4.06. The number of nitrogens with zero attached hydrogens (tertiary/aromatic N) is 1. The summed E-state index contributed by atoms with van der Waals surface area (Å²) in [7, 11) is 1.49. The molecule has 1 saturated heterocycles. The monoisotopic (exact) mass is 267 g/mol. The van der Waals surface area contributed by atoms with Crippen LogP contribution in [0.1, 0.15) is 37.9 Å². The second kappa shape index (κ2) is 6.35. The van der Waals surface area contributed by atoms with E-state index >= 15 is 0 Å². The van der Waals surface area contributed by atoms with E-state index in [0.29, 0.717) is 18.2 Å². The minimum atomic E-state index is -0.816. The van der Waals surface area contributed by atoms with E-state index in [4.69, 9.17) is 4.74 Å². The Morgan fingerprint density at radius 3 is 2.95 bits per heavy atom. The molecule has 1 N–H and O–H groups in total. The van der Waals surface area contributed by atoms with Crippen molar-refractivity contribution in [3.63, 3.8) is 0 Å². The van der Waals surface area contributed by atoms with Gasteiger partial charge in [-0.2, -0.15) is 0 Å². The molecule has 0 spiro atoms. The smallest absolute Gasteiger partial charge is 0.132 e. The fourth-order valence-corrected chi connectivity index (χ4v) is 2.78. The normalized spacial score (nSPS) is 21.6. The lowest BCUT2D eigenvalue weighted by Gasteiger charge is -2.23. The molecule has 106 valence electrons. The van der Waals surface area contributed by atoms with Gasteiger partial charge in [0.25, 0.3) is 0 Å². The van der Waals surface area contributed by atoms with Crippen molar-refractivity contribution in [3.05, 3.63) is 29.6 Å². The second-order valence-electron chi connectivity index (χ2n) is 5.19. The lowest BCUT2D eigenvalue weighted by Crippen LogP contribution is -2.29. The maximum atomic E-state index is 13.8. The van der Waals surface area contributed by atoms with Gasteiger partial charge in [-0.05, 0) is 44.9 Å². The van der Waals surface area contributed by atoms with E-state index < -0.39 is 11.9 Å². The van der Waals surface area contributed by atoms with Crippen LogP contribution in [0.3, 0.4) is 0 Å². The highest BCUT2D eigenvalue weighted by Crippen LogP contribution is 2.30. The summed E-state index contributed by atoms with van der Waals surface area (Å²) in [5.41, 5.74) is 0.275. The predicted molar refractivity (Wildman–Crippen MR) is 72.8 cm³/mol. The molecule has 1 fully saturated rings. The predicted octanol–water partition coefficient (Wildman–Crippen LogP) is 2.74. The van der Waals surface area contributed by atoms with E-state index in [1.54, 1.807) is 12.1 Å². The van der Waals surface area contributed by atoms with Gasteiger partial charge in [-0.25, -0.2) is 4.39 Å². The number of hydrogen-bond acceptors (Lipinski definition) is 3. The third-order valence-corrected chi connectivity index (χ3v) is 3.95. The van der Waals surface area contributed by atoms with Gasteiger partial charge in [0, 0.05) is 12.6 Å². The van der Waals surface area contributed by atoms with E-state index in [2.05, 4.69) is 11.8 Å².